The maximum atomic E-state index is 5.86. The van der Waals surface area contributed by atoms with Crippen molar-refractivity contribution in [1.29, 1.82) is 0 Å². The monoisotopic (exact) mass is 179 g/mol. The van der Waals surface area contributed by atoms with E-state index >= 15 is 0 Å². The van der Waals surface area contributed by atoms with Crippen LogP contribution >= 0.6 is 0 Å². The van der Waals surface area contributed by atoms with Gasteiger partial charge in [-0.3, -0.25) is 4.68 Å². The topological polar surface area (TPSA) is 43.8 Å². The van der Waals surface area contributed by atoms with Crippen LogP contribution in [-0.4, -0.2) is 15.8 Å². The molecular weight excluding hydrogens is 162 g/mol. The molecule has 1 aliphatic rings. The fourth-order valence-electron chi connectivity index (χ4n) is 2.17. The van der Waals surface area contributed by atoms with Crippen molar-refractivity contribution < 1.29 is 0 Å². The molecule has 13 heavy (non-hydrogen) atoms. The van der Waals surface area contributed by atoms with Crippen molar-refractivity contribution in [3.8, 4) is 0 Å². The van der Waals surface area contributed by atoms with Gasteiger partial charge in [-0.25, -0.2) is 0 Å². The van der Waals surface area contributed by atoms with Gasteiger partial charge in [0.1, 0.15) is 0 Å². The molecule has 2 atom stereocenters. The molecule has 1 heterocycles. The number of aryl methyl sites for hydroxylation is 1. The van der Waals surface area contributed by atoms with E-state index in [1.165, 1.54) is 25.0 Å². The van der Waals surface area contributed by atoms with Gasteiger partial charge in [0.05, 0.1) is 5.69 Å². The van der Waals surface area contributed by atoms with Crippen molar-refractivity contribution in [2.24, 2.45) is 18.7 Å². The minimum atomic E-state index is 0.439. The Kier molecular flexibility index (Phi) is 2.36. The molecule has 1 saturated carbocycles. The van der Waals surface area contributed by atoms with Crippen LogP contribution in [0.3, 0.4) is 0 Å². The van der Waals surface area contributed by atoms with Crippen LogP contribution in [0, 0.1) is 5.92 Å². The molecule has 3 heteroatoms. The maximum absolute atomic E-state index is 5.86. The third-order valence-corrected chi connectivity index (χ3v) is 2.85. The predicted molar refractivity (Wildman–Crippen MR) is 52.2 cm³/mol. The SMILES string of the molecule is Cn1ccc(CC2CCC(N)C2)n1. The van der Waals surface area contributed by atoms with E-state index in [0.29, 0.717) is 6.04 Å². The molecule has 0 amide bonds. The molecule has 1 aliphatic carbocycles. The Bertz CT molecular complexity index is 279. The van der Waals surface area contributed by atoms with E-state index < -0.39 is 0 Å². The molecule has 0 aromatic carbocycles. The number of nitrogens with zero attached hydrogens (tertiary/aromatic N) is 2. The van der Waals surface area contributed by atoms with Gasteiger partial charge >= 0.3 is 0 Å². The minimum absolute atomic E-state index is 0.439. The van der Waals surface area contributed by atoms with Crippen LogP contribution in [0.5, 0.6) is 0 Å². The van der Waals surface area contributed by atoms with Crippen molar-refractivity contribution in [3.63, 3.8) is 0 Å². The maximum Gasteiger partial charge on any atom is 0.0627 e. The first kappa shape index (κ1) is 8.75. The van der Waals surface area contributed by atoms with E-state index in [0.717, 1.165) is 12.3 Å². The lowest BCUT2D eigenvalue weighted by Crippen LogP contribution is -2.15. The molecule has 0 radical (unpaired) electrons. The molecule has 1 aromatic rings. The van der Waals surface area contributed by atoms with Crippen LogP contribution in [0.4, 0.5) is 0 Å². The Morgan fingerprint density at radius 1 is 1.62 bits per heavy atom. The Hall–Kier alpha value is -0.830. The molecular formula is C10H17N3. The minimum Gasteiger partial charge on any atom is -0.328 e. The molecule has 0 saturated heterocycles. The van der Waals surface area contributed by atoms with Crippen molar-refractivity contribution in [2.45, 2.75) is 31.7 Å². The molecule has 2 N–H and O–H groups in total. The first-order valence-electron chi connectivity index (χ1n) is 4.98. The lowest BCUT2D eigenvalue weighted by Gasteiger charge is -2.05. The van der Waals surface area contributed by atoms with Gasteiger partial charge in [-0.15, -0.1) is 0 Å². The standard InChI is InChI=1S/C10H17N3/c1-13-5-4-10(12-13)7-8-2-3-9(11)6-8/h4-5,8-9H,2-3,6-7,11H2,1H3. The third kappa shape index (κ3) is 2.10. The summed E-state index contributed by atoms with van der Waals surface area (Å²) in [5, 5.41) is 4.38. The summed E-state index contributed by atoms with van der Waals surface area (Å²) in [6, 6.07) is 2.54. The van der Waals surface area contributed by atoms with Gasteiger partial charge in [0.15, 0.2) is 0 Å². The van der Waals surface area contributed by atoms with Crippen molar-refractivity contribution >= 4 is 0 Å². The molecule has 0 aliphatic heterocycles. The molecule has 1 fully saturated rings. The Morgan fingerprint density at radius 3 is 3.00 bits per heavy atom. The number of rotatable bonds is 2. The lowest BCUT2D eigenvalue weighted by molar-refractivity contribution is 0.524. The first-order chi connectivity index (χ1) is 6.24. The van der Waals surface area contributed by atoms with E-state index in [1.54, 1.807) is 0 Å². The average molecular weight is 179 g/mol. The summed E-state index contributed by atoms with van der Waals surface area (Å²) in [7, 11) is 1.96. The summed E-state index contributed by atoms with van der Waals surface area (Å²) in [4.78, 5) is 0. The molecule has 0 spiro atoms. The quantitative estimate of drug-likeness (QED) is 0.738. The number of hydrogen-bond donors (Lipinski definition) is 1. The molecule has 2 unspecified atom stereocenters. The average Bonchev–Trinajstić information content (AvgIpc) is 2.62. The fraction of sp³-hybridized carbons (Fsp3) is 0.700. The highest BCUT2D eigenvalue weighted by molar-refractivity contribution is 5.01. The van der Waals surface area contributed by atoms with Gasteiger partial charge in [-0.2, -0.15) is 5.10 Å². The normalized spacial score (nSPS) is 28.2. The second-order valence-electron chi connectivity index (χ2n) is 4.12. The zero-order valence-electron chi connectivity index (χ0n) is 8.11. The molecule has 0 bridgehead atoms. The van der Waals surface area contributed by atoms with Crippen molar-refractivity contribution in [1.82, 2.24) is 9.78 Å². The van der Waals surface area contributed by atoms with Crippen LogP contribution in [0.2, 0.25) is 0 Å². The van der Waals surface area contributed by atoms with E-state index in [9.17, 15) is 0 Å². The van der Waals surface area contributed by atoms with Crippen LogP contribution in [0.15, 0.2) is 12.3 Å². The molecule has 1 aromatic heterocycles. The number of nitrogens with two attached hydrogens (primary N) is 1. The van der Waals surface area contributed by atoms with Gasteiger partial charge < -0.3 is 5.73 Å². The summed E-state index contributed by atoms with van der Waals surface area (Å²) >= 11 is 0. The third-order valence-electron chi connectivity index (χ3n) is 2.85. The fourth-order valence-corrected chi connectivity index (χ4v) is 2.17. The largest absolute Gasteiger partial charge is 0.328 e. The van der Waals surface area contributed by atoms with Gasteiger partial charge in [0.25, 0.3) is 0 Å². The Morgan fingerprint density at radius 2 is 2.46 bits per heavy atom. The lowest BCUT2D eigenvalue weighted by atomic mass is 10.0. The van der Waals surface area contributed by atoms with E-state index in [4.69, 9.17) is 5.73 Å². The van der Waals surface area contributed by atoms with Gasteiger partial charge in [0.2, 0.25) is 0 Å². The second kappa shape index (κ2) is 3.50. The first-order valence-corrected chi connectivity index (χ1v) is 4.98. The van der Waals surface area contributed by atoms with Crippen LogP contribution in [0.1, 0.15) is 25.0 Å². The smallest absolute Gasteiger partial charge is 0.0627 e. The van der Waals surface area contributed by atoms with Crippen LogP contribution in [0.25, 0.3) is 0 Å². The van der Waals surface area contributed by atoms with E-state index in [1.807, 2.05) is 17.9 Å². The predicted octanol–water partition coefficient (Wildman–Crippen LogP) is 1.09. The number of aromatic nitrogens is 2. The highest BCUT2D eigenvalue weighted by atomic mass is 15.2. The highest BCUT2D eigenvalue weighted by Gasteiger charge is 2.22. The van der Waals surface area contributed by atoms with Crippen molar-refractivity contribution in [2.75, 3.05) is 0 Å². The summed E-state index contributed by atoms with van der Waals surface area (Å²) < 4.78 is 1.87. The second-order valence-corrected chi connectivity index (χ2v) is 4.12. The van der Waals surface area contributed by atoms with E-state index in [2.05, 4.69) is 11.2 Å². The zero-order valence-corrected chi connectivity index (χ0v) is 8.11. The summed E-state index contributed by atoms with van der Waals surface area (Å²) in [6.45, 7) is 0. The van der Waals surface area contributed by atoms with Gasteiger partial charge in [-0.1, -0.05) is 0 Å². The van der Waals surface area contributed by atoms with Crippen LogP contribution < -0.4 is 5.73 Å². The summed E-state index contributed by atoms with van der Waals surface area (Å²) in [5.74, 6) is 0.768. The van der Waals surface area contributed by atoms with Gasteiger partial charge in [-0.05, 0) is 37.7 Å². The highest BCUT2D eigenvalue weighted by Crippen LogP contribution is 2.26. The molecule has 2 rings (SSSR count). The Balaban J connectivity index is 1.91. The van der Waals surface area contributed by atoms with Gasteiger partial charge in [0, 0.05) is 19.3 Å². The number of hydrogen-bond acceptors (Lipinski definition) is 2. The molecule has 3 nitrogen and oxygen atoms in total. The zero-order chi connectivity index (χ0) is 9.26. The van der Waals surface area contributed by atoms with Crippen molar-refractivity contribution in [3.05, 3.63) is 18.0 Å². The molecule has 72 valence electrons. The Labute approximate surface area is 78.9 Å². The van der Waals surface area contributed by atoms with E-state index in [-0.39, 0.29) is 0 Å². The van der Waals surface area contributed by atoms with Crippen LogP contribution in [-0.2, 0) is 13.5 Å². The summed E-state index contributed by atoms with van der Waals surface area (Å²) in [6.07, 6.45) is 6.75. The summed E-state index contributed by atoms with van der Waals surface area (Å²) in [5.41, 5.74) is 7.07.